The second kappa shape index (κ2) is 7.08. The second-order valence-corrected chi connectivity index (χ2v) is 3.93. The van der Waals surface area contributed by atoms with Gasteiger partial charge in [0, 0.05) is 24.9 Å². The summed E-state index contributed by atoms with van der Waals surface area (Å²) in [6, 6.07) is 5.39. The van der Waals surface area contributed by atoms with Crippen LogP contribution in [0.1, 0.15) is 12.6 Å². The molecule has 0 fully saturated rings. The fourth-order valence-corrected chi connectivity index (χ4v) is 1.30. The molecule has 106 valence electrons. The van der Waals surface area contributed by atoms with Crippen molar-refractivity contribution in [2.24, 2.45) is 0 Å². The van der Waals surface area contributed by atoms with Gasteiger partial charge in [-0.15, -0.1) is 0 Å². The molecule has 0 spiro atoms. The molecule has 0 unspecified atom stereocenters. The summed E-state index contributed by atoms with van der Waals surface area (Å²) in [5, 5.41) is 2.50. The predicted octanol–water partition coefficient (Wildman–Crippen LogP) is 1.71. The average Bonchev–Trinajstić information content (AvgIpc) is 2.36. The maximum Gasteiger partial charge on any atom is 0.411 e. The normalized spacial score (nSPS) is 13.1. The van der Waals surface area contributed by atoms with Gasteiger partial charge in [0.2, 0.25) is 5.91 Å². The number of hydrogen-bond donors (Lipinski definition) is 1. The van der Waals surface area contributed by atoms with Crippen molar-refractivity contribution >= 4 is 5.91 Å². The van der Waals surface area contributed by atoms with E-state index in [9.17, 15) is 18.0 Å². The fourth-order valence-electron chi connectivity index (χ4n) is 1.30. The molecule has 0 aliphatic rings. The summed E-state index contributed by atoms with van der Waals surface area (Å²) >= 11 is 0. The highest BCUT2D eigenvalue weighted by Crippen LogP contribution is 2.15. The van der Waals surface area contributed by atoms with Crippen LogP contribution in [0.15, 0.2) is 24.4 Å². The quantitative estimate of drug-likeness (QED) is 0.860. The molecule has 1 aromatic heterocycles. The van der Waals surface area contributed by atoms with Crippen LogP contribution in [0.5, 0.6) is 0 Å². The molecule has 1 aromatic rings. The molecule has 0 aliphatic heterocycles. The van der Waals surface area contributed by atoms with E-state index in [1.165, 1.54) is 6.92 Å². The van der Waals surface area contributed by atoms with Gasteiger partial charge in [-0.2, -0.15) is 13.2 Å². The molecule has 0 saturated heterocycles. The summed E-state index contributed by atoms with van der Waals surface area (Å²) in [6.07, 6.45) is -3.42. The van der Waals surface area contributed by atoms with Crippen molar-refractivity contribution in [3.05, 3.63) is 30.1 Å². The summed E-state index contributed by atoms with van der Waals surface area (Å²) < 4.78 is 40.1. The number of carbonyl (C=O) groups excluding carboxylic acids is 1. The Morgan fingerprint density at radius 2 is 2.21 bits per heavy atom. The van der Waals surface area contributed by atoms with Crippen LogP contribution < -0.4 is 5.32 Å². The molecule has 19 heavy (non-hydrogen) atoms. The zero-order chi connectivity index (χ0) is 14.3. The third kappa shape index (κ3) is 6.76. The summed E-state index contributed by atoms with van der Waals surface area (Å²) in [7, 11) is 0. The molecule has 0 aromatic carbocycles. The molecular formula is C12H15F3N2O2. The molecule has 1 amide bonds. The molecule has 1 N–H and O–H groups in total. The van der Waals surface area contributed by atoms with Crippen molar-refractivity contribution in [3.63, 3.8) is 0 Å². The van der Waals surface area contributed by atoms with E-state index in [1.807, 2.05) is 6.07 Å². The Morgan fingerprint density at radius 1 is 1.47 bits per heavy atom. The molecule has 0 radical (unpaired) electrons. The number of amides is 1. The van der Waals surface area contributed by atoms with E-state index in [0.717, 1.165) is 5.69 Å². The Kier molecular flexibility index (Phi) is 5.75. The Morgan fingerprint density at radius 3 is 2.79 bits per heavy atom. The minimum absolute atomic E-state index is 0.301. The first kappa shape index (κ1) is 15.4. The number of hydrogen-bond acceptors (Lipinski definition) is 3. The highest BCUT2D eigenvalue weighted by atomic mass is 19.4. The number of pyridine rings is 1. The second-order valence-electron chi connectivity index (χ2n) is 3.93. The number of aromatic nitrogens is 1. The first-order chi connectivity index (χ1) is 8.88. The van der Waals surface area contributed by atoms with Crippen LogP contribution in [-0.4, -0.2) is 36.3 Å². The van der Waals surface area contributed by atoms with Gasteiger partial charge in [0.15, 0.2) is 0 Å². The van der Waals surface area contributed by atoms with Gasteiger partial charge in [0.05, 0.1) is 0 Å². The monoisotopic (exact) mass is 276 g/mol. The lowest BCUT2D eigenvalue weighted by Crippen LogP contribution is -2.37. The molecule has 0 bridgehead atoms. The summed E-state index contributed by atoms with van der Waals surface area (Å²) in [5.41, 5.74) is 0.798. The molecule has 0 saturated carbocycles. The van der Waals surface area contributed by atoms with E-state index in [0.29, 0.717) is 13.0 Å². The Labute approximate surface area is 109 Å². The van der Waals surface area contributed by atoms with Crippen LogP contribution in [0.2, 0.25) is 0 Å². The van der Waals surface area contributed by atoms with Crippen molar-refractivity contribution < 1.29 is 22.7 Å². The van der Waals surface area contributed by atoms with Gasteiger partial charge in [-0.05, 0) is 19.1 Å². The third-order valence-electron chi connectivity index (χ3n) is 2.27. The first-order valence-corrected chi connectivity index (χ1v) is 5.74. The smallest absolute Gasteiger partial charge is 0.359 e. The van der Waals surface area contributed by atoms with Crippen molar-refractivity contribution in [2.75, 3.05) is 13.2 Å². The largest absolute Gasteiger partial charge is 0.411 e. The lowest BCUT2D eigenvalue weighted by molar-refractivity contribution is -0.185. The van der Waals surface area contributed by atoms with E-state index in [1.54, 1.807) is 18.3 Å². The maximum absolute atomic E-state index is 11.9. The van der Waals surface area contributed by atoms with Crippen molar-refractivity contribution in [1.82, 2.24) is 10.3 Å². The third-order valence-corrected chi connectivity index (χ3v) is 2.27. The van der Waals surface area contributed by atoms with Crippen molar-refractivity contribution in [2.45, 2.75) is 25.6 Å². The van der Waals surface area contributed by atoms with Gasteiger partial charge >= 0.3 is 6.18 Å². The van der Waals surface area contributed by atoms with Gasteiger partial charge in [0.25, 0.3) is 0 Å². The molecule has 7 heteroatoms. The number of nitrogens with one attached hydrogen (secondary N) is 1. The summed E-state index contributed by atoms with van der Waals surface area (Å²) in [6.45, 7) is 0.152. The van der Waals surface area contributed by atoms with Crippen LogP contribution in [0.4, 0.5) is 13.2 Å². The number of rotatable bonds is 6. The number of halogens is 3. The molecular weight excluding hydrogens is 261 g/mol. The minimum Gasteiger partial charge on any atom is -0.359 e. The lowest BCUT2D eigenvalue weighted by atomic mass is 10.2. The van der Waals surface area contributed by atoms with Crippen LogP contribution in [-0.2, 0) is 16.0 Å². The molecule has 1 heterocycles. The van der Waals surface area contributed by atoms with Gasteiger partial charge in [-0.1, -0.05) is 6.07 Å². The predicted molar refractivity (Wildman–Crippen MR) is 62.4 cm³/mol. The Bertz CT molecular complexity index is 396. The minimum atomic E-state index is -4.43. The molecule has 1 atom stereocenters. The van der Waals surface area contributed by atoms with Gasteiger partial charge in [0.1, 0.15) is 12.7 Å². The van der Waals surface area contributed by atoms with Crippen LogP contribution in [0, 0.1) is 0 Å². The van der Waals surface area contributed by atoms with Gasteiger partial charge in [-0.3, -0.25) is 9.78 Å². The summed E-state index contributed by atoms with van der Waals surface area (Å²) in [4.78, 5) is 15.5. The van der Waals surface area contributed by atoms with E-state index in [4.69, 9.17) is 0 Å². The van der Waals surface area contributed by atoms with Crippen LogP contribution in [0.25, 0.3) is 0 Å². The summed E-state index contributed by atoms with van der Waals surface area (Å²) in [5.74, 6) is -0.569. The Hall–Kier alpha value is -1.63. The highest BCUT2D eigenvalue weighted by Gasteiger charge is 2.29. The van der Waals surface area contributed by atoms with Crippen LogP contribution >= 0.6 is 0 Å². The Balaban J connectivity index is 2.23. The van der Waals surface area contributed by atoms with Crippen LogP contribution in [0.3, 0.4) is 0 Å². The van der Waals surface area contributed by atoms with Crippen molar-refractivity contribution in [3.8, 4) is 0 Å². The number of alkyl halides is 3. The van der Waals surface area contributed by atoms with E-state index < -0.39 is 24.8 Å². The van der Waals surface area contributed by atoms with E-state index >= 15 is 0 Å². The van der Waals surface area contributed by atoms with Crippen molar-refractivity contribution in [1.29, 1.82) is 0 Å². The maximum atomic E-state index is 11.9. The standard InChI is InChI=1S/C12H15F3N2O2/c1-9(19-8-12(13,14)15)11(18)17-7-5-10-4-2-3-6-16-10/h2-4,6,9H,5,7-8H2,1H3,(H,17,18)/t9-/m1/s1. The van der Waals surface area contributed by atoms with E-state index in [-0.39, 0.29) is 0 Å². The topological polar surface area (TPSA) is 51.2 Å². The molecule has 1 rings (SSSR count). The first-order valence-electron chi connectivity index (χ1n) is 5.74. The SMILES string of the molecule is C[C@@H](OCC(F)(F)F)C(=O)NCCc1ccccn1. The van der Waals surface area contributed by atoms with E-state index in [2.05, 4.69) is 15.0 Å². The number of ether oxygens (including phenoxy) is 1. The number of carbonyl (C=O) groups is 1. The average molecular weight is 276 g/mol. The lowest BCUT2D eigenvalue weighted by Gasteiger charge is -2.14. The zero-order valence-corrected chi connectivity index (χ0v) is 10.4. The van der Waals surface area contributed by atoms with Gasteiger partial charge in [-0.25, -0.2) is 0 Å². The fraction of sp³-hybridized carbons (Fsp3) is 0.500. The zero-order valence-electron chi connectivity index (χ0n) is 10.4. The molecule has 4 nitrogen and oxygen atoms in total. The van der Waals surface area contributed by atoms with Gasteiger partial charge < -0.3 is 10.1 Å². The molecule has 0 aliphatic carbocycles. The highest BCUT2D eigenvalue weighted by molar-refractivity contribution is 5.80. The number of nitrogens with zero attached hydrogens (tertiary/aromatic N) is 1.